The van der Waals surface area contributed by atoms with E-state index >= 15 is 0 Å². The zero-order valence-electron chi connectivity index (χ0n) is 12.2. The fraction of sp³-hybridized carbons (Fsp3) is 0.400. The topological polar surface area (TPSA) is 78.5 Å². The molecule has 3 amide bonds. The number of anilines is 2. The maximum atomic E-state index is 12.0. The zero-order valence-corrected chi connectivity index (χ0v) is 12.2. The summed E-state index contributed by atoms with van der Waals surface area (Å²) >= 11 is 0. The number of amides is 3. The molecule has 0 aliphatic carbocycles. The Morgan fingerprint density at radius 2 is 1.95 bits per heavy atom. The summed E-state index contributed by atoms with van der Waals surface area (Å²) in [6.07, 6.45) is 2.44. The second-order valence-electron chi connectivity index (χ2n) is 5.04. The van der Waals surface area contributed by atoms with Crippen molar-refractivity contribution in [3.05, 3.63) is 23.8 Å². The van der Waals surface area contributed by atoms with Gasteiger partial charge in [0.1, 0.15) is 0 Å². The average Bonchev–Trinajstić information content (AvgIpc) is 2.49. The molecule has 0 saturated carbocycles. The lowest BCUT2D eigenvalue weighted by Crippen LogP contribution is -2.36. The van der Waals surface area contributed by atoms with Gasteiger partial charge in [-0.2, -0.15) is 0 Å². The van der Waals surface area contributed by atoms with E-state index in [1.54, 1.807) is 17.0 Å². The quantitative estimate of drug-likeness (QED) is 0.803. The minimum Gasteiger partial charge on any atom is -0.351 e. The van der Waals surface area contributed by atoms with Crippen LogP contribution in [0.4, 0.5) is 11.4 Å². The summed E-state index contributed by atoms with van der Waals surface area (Å²) in [5.41, 5.74) is 2.25. The third kappa shape index (κ3) is 3.39. The molecule has 1 aliphatic rings. The summed E-state index contributed by atoms with van der Waals surface area (Å²) in [6.45, 7) is 2.61. The molecule has 1 saturated heterocycles. The molecule has 1 aromatic rings. The van der Waals surface area contributed by atoms with Crippen molar-refractivity contribution in [2.45, 2.75) is 26.2 Å². The summed E-state index contributed by atoms with van der Waals surface area (Å²) in [5, 5.41) is 4.79. The molecule has 1 heterocycles. The Hall–Kier alpha value is -2.37. The molecule has 21 heavy (non-hydrogen) atoms. The SMILES string of the molecule is CNC(=O)C(=O)Nc1ccc(C)c(N2CCCCC2=O)c1. The van der Waals surface area contributed by atoms with Gasteiger partial charge in [-0.3, -0.25) is 14.4 Å². The van der Waals surface area contributed by atoms with Crippen molar-refractivity contribution >= 4 is 29.1 Å². The van der Waals surface area contributed by atoms with E-state index in [0.29, 0.717) is 18.7 Å². The van der Waals surface area contributed by atoms with Crippen LogP contribution in [0.25, 0.3) is 0 Å². The molecule has 0 radical (unpaired) electrons. The maximum absolute atomic E-state index is 12.0. The Morgan fingerprint density at radius 3 is 2.62 bits per heavy atom. The molecule has 1 fully saturated rings. The normalized spacial score (nSPS) is 14.8. The fourth-order valence-electron chi connectivity index (χ4n) is 2.34. The number of carbonyl (C=O) groups excluding carboxylic acids is 3. The molecule has 2 N–H and O–H groups in total. The van der Waals surface area contributed by atoms with E-state index in [1.807, 2.05) is 13.0 Å². The largest absolute Gasteiger partial charge is 0.351 e. The Kier molecular flexibility index (Phi) is 4.57. The first kappa shape index (κ1) is 15.0. The number of likely N-dealkylation sites (N-methyl/N-ethyl adjacent to an activating group) is 1. The van der Waals surface area contributed by atoms with Crippen molar-refractivity contribution in [1.82, 2.24) is 5.32 Å². The summed E-state index contributed by atoms with van der Waals surface area (Å²) in [4.78, 5) is 36.6. The predicted molar refractivity (Wildman–Crippen MR) is 80.1 cm³/mol. The van der Waals surface area contributed by atoms with Crippen molar-refractivity contribution < 1.29 is 14.4 Å². The van der Waals surface area contributed by atoms with Gasteiger partial charge >= 0.3 is 11.8 Å². The van der Waals surface area contributed by atoms with Gasteiger partial charge in [-0.15, -0.1) is 0 Å². The number of nitrogens with zero attached hydrogens (tertiary/aromatic N) is 1. The third-order valence-corrected chi connectivity index (χ3v) is 3.51. The summed E-state index contributed by atoms with van der Waals surface area (Å²) in [7, 11) is 1.40. The van der Waals surface area contributed by atoms with Gasteiger partial charge in [0.2, 0.25) is 5.91 Å². The lowest BCUT2D eigenvalue weighted by molar-refractivity contribution is -0.135. The van der Waals surface area contributed by atoms with Gasteiger partial charge in [0.15, 0.2) is 0 Å². The summed E-state index contributed by atoms with van der Waals surface area (Å²) < 4.78 is 0. The van der Waals surface area contributed by atoms with Crippen molar-refractivity contribution in [3.8, 4) is 0 Å². The van der Waals surface area contributed by atoms with Crippen LogP contribution in [0, 0.1) is 6.92 Å². The van der Waals surface area contributed by atoms with E-state index in [4.69, 9.17) is 0 Å². The minimum absolute atomic E-state index is 0.0964. The number of hydrogen-bond acceptors (Lipinski definition) is 3. The first-order valence-corrected chi connectivity index (χ1v) is 6.97. The number of carbonyl (C=O) groups is 3. The van der Waals surface area contributed by atoms with E-state index in [-0.39, 0.29) is 5.91 Å². The highest BCUT2D eigenvalue weighted by atomic mass is 16.2. The number of hydrogen-bond donors (Lipinski definition) is 2. The van der Waals surface area contributed by atoms with Gasteiger partial charge < -0.3 is 15.5 Å². The second kappa shape index (κ2) is 6.39. The van der Waals surface area contributed by atoms with Crippen LogP contribution in [0.15, 0.2) is 18.2 Å². The van der Waals surface area contributed by atoms with Gasteiger partial charge in [0.05, 0.1) is 0 Å². The molecular formula is C15H19N3O3. The van der Waals surface area contributed by atoms with Crippen molar-refractivity contribution in [2.75, 3.05) is 23.8 Å². The minimum atomic E-state index is -0.725. The van der Waals surface area contributed by atoms with E-state index in [0.717, 1.165) is 24.1 Å². The summed E-state index contributed by atoms with van der Waals surface area (Å²) in [6, 6.07) is 5.28. The van der Waals surface area contributed by atoms with Crippen molar-refractivity contribution in [1.29, 1.82) is 0 Å². The fourth-order valence-corrected chi connectivity index (χ4v) is 2.34. The molecule has 2 rings (SSSR count). The standard InChI is InChI=1S/C15H19N3O3/c1-10-6-7-11(17-15(21)14(20)16-2)9-12(10)18-8-4-3-5-13(18)19/h6-7,9H,3-5,8H2,1-2H3,(H,16,20)(H,17,21). The van der Waals surface area contributed by atoms with E-state index < -0.39 is 11.8 Å². The zero-order chi connectivity index (χ0) is 15.4. The van der Waals surface area contributed by atoms with Crippen LogP contribution < -0.4 is 15.5 Å². The van der Waals surface area contributed by atoms with E-state index in [1.165, 1.54) is 7.05 Å². The molecule has 6 nitrogen and oxygen atoms in total. The number of aryl methyl sites for hydroxylation is 1. The molecule has 0 atom stereocenters. The lowest BCUT2D eigenvalue weighted by Gasteiger charge is -2.28. The van der Waals surface area contributed by atoms with Crippen molar-refractivity contribution in [2.24, 2.45) is 0 Å². The molecule has 1 aromatic carbocycles. The van der Waals surface area contributed by atoms with Crippen LogP contribution in [-0.4, -0.2) is 31.3 Å². The second-order valence-corrected chi connectivity index (χ2v) is 5.04. The number of rotatable bonds is 2. The van der Waals surface area contributed by atoms with Crippen LogP contribution >= 0.6 is 0 Å². The Bertz CT molecular complexity index is 584. The Balaban J connectivity index is 2.23. The molecule has 1 aliphatic heterocycles. The first-order chi connectivity index (χ1) is 10.0. The van der Waals surface area contributed by atoms with Gasteiger partial charge in [0.25, 0.3) is 0 Å². The first-order valence-electron chi connectivity index (χ1n) is 6.97. The van der Waals surface area contributed by atoms with Crippen LogP contribution in [0.1, 0.15) is 24.8 Å². The Morgan fingerprint density at radius 1 is 1.19 bits per heavy atom. The molecule has 6 heteroatoms. The molecule has 0 unspecified atom stereocenters. The molecular weight excluding hydrogens is 270 g/mol. The predicted octanol–water partition coefficient (Wildman–Crippen LogP) is 1.20. The highest BCUT2D eigenvalue weighted by Crippen LogP contribution is 2.27. The lowest BCUT2D eigenvalue weighted by atomic mass is 10.1. The highest BCUT2D eigenvalue weighted by Gasteiger charge is 2.21. The smallest absolute Gasteiger partial charge is 0.313 e. The molecule has 0 bridgehead atoms. The Labute approximate surface area is 123 Å². The average molecular weight is 289 g/mol. The molecule has 112 valence electrons. The van der Waals surface area contributed by atoms with Gasteiger partial charge in [-0.25, -0.2) is 0 Å². The van der Waals surface area contributed by atoms with Crippen LogP contribution in [0.3, 0.4) is 0 Å². The third-order valence-electron chi connectivity index (χ3n) is 3.51. The number of nitrogens with one attached hydrogen (secondary N) is 2. The molecule has 0 aromatic heterocycles. The van der Waals surface area contributed by atoms with Gasteiger partial charge in [-0.05, 0) is 37.5 Å². The van der Waals surface area contributed by atoms with E-state index in [9.17, 15) is 14.4 Å². The summed E-state index contributed by atoms with van der Waals surface area (Å²) in [5.74, 6) is -1.33. The van der Waals surface area contributed by atoms with Gasteiger partial charge in [-0.1, -0.05) is 6.07 Å². The van der Waals surface area contributed by atoms with Crippen molar-refractivity contribution in [3.63, 3.8) is 0 Å². The van der Waals surface area contributed by atoms with Crippen LogP contribution in [0.5, 0.6) is 0 Å². The van der Waals surface area contributed by atoms with Crippen LogP contribution in [-0.2, 0) is 14.4 Å². The van der Waals surface area contributed by atoms with Crippen LogP contribution in [0.2, 0.25) is 0 Å². The maximum Gasteiger partial charge on any atom is 0.313 e. The van der Waals surface area contributed by atoms with E-state index in [2.05, 4.69) is 10.6 Å². The van der Waals surface area contributed by atoms with Gasteiger partial charge in [0, 0.05) is 31.4 Å². The number of benzene rings is 1. The highest BCUT2D eigenvalue weighted by molar-refractivity contribution is 6.39. The molecule has 0 spiro atoms. The number of piperidine rings is 1. The monoisotopic (exact) mass is 289 g/mol.